The second-order valence-electron chi connectivity index (χ2n) is 6.32. The van der Waals surface area contributed by atoms with Gasteiger partial charge in [-0.05, 0) is 61.5 Å². The van der Waals surface area contributed by atoms with E-state index in [0.29, 0.717) is 18.0 Å². The van der Waals surface area contributed by atoms with Crippen LogP contribution in [0.3, 0.4) is 0 Å². The van der Waals surface area contributed by atoms with E-state index in [9.17, 15) is 4.79 Å². The average molecular weight is 384 g/mol. The third-order valence-corrected chi connectivity index (χ3v) is 4.32. The zero-order valence-electron chi connectivity index (χ0n) is 15.9. The lowest BCUT2D eigenvalue weighted by Gasteiger charge is -2.07. The normalized spacial score (nSPS) is 10.5. The molecule has 144 valence electrons. The van der Waals surface area contributed by atoms with Gasteiger partial charge in [-0.25, -0.2) is 4.68 Å². The number of hydrogen-bond donors (Lipinski definition) is 1. The van der Waals surface area contributed by atoms with Crippen molar-refractivity contribution in [3.63, 3.8) is 0 Å². The van der Waals surface area contributed by atoms with Crippen molar-refractivity contribution in [2.24, 2.45) is 0 Å². The Morgan fingerprint density at radius 3 is 2.52 bits per heavy atom. The van der Waals surface area contributed by atoms with E-state index >= 15 is 0 Å². The summed E-state index contributed by atoms with van der Waals surface area (Å²) in [5.74, 6) is 0.478. The highest BCUT2D eigenvalue weighted by Crippen LogP contribution is 2.24. The molecule has 2 heterocycles. The van der Waals surface area contributed by atoms with Crippen LogP contribution in [0.5, 0.6) is 5.75 Å². The number of aromatic nitrogens is 3. The molecule has 4 aromatic rings. The molecule has 2 aromatic heterocycles. The van der Waals surface area contributed by atoms with Gasteiger partial charge in [0.1, 0.15) is 5.75 Å². The Hall–Kier alpha value is -3.93. The summed E-state index contributed by atoms with van der Waals surface area (Å²) in [6.45, 7) is 2.53. The lowest BCUT2D eigenvalue weighted by Crippen LogP contribution is -2.13. The van der Waals surface area contributed by atoms with Crippen LogP contribution in [0.15, 0.2) is 85.2 Å². The van der Waals surface area contributed by atoms with Gasteiger partial charge in [-0.3, -0.25) is 9.78 Å². The number of para-hydroxylation sites is 1. The molecule has 6 nitrogen and oxygen atoms in total. The summed E-state index contributed by atoms with van der Waals surface area (Å²) in [5.41, 5.74) is 3.54. The van der Waals surface area contributed by atoms with E-state index in [1.165, 1.54) is 0 Å². The monoisotopic (exact) mass is 384 g/mol. The molecule has 0 spiro atoms. The molecular formula is C23H20N4O2. The lowest BCUT2D eigenvalue weighted by molar-refractivity contribution is 0.102. The number of pyridine rings is 1. The third-order valence-electron chi connectivity index (χ3n) is 4.32. The number of nitrogens with one attached hydrogen (secondary N) is 1. The molecule has 0 aliphatic rings. The van der Waals surface area contributed by atoms with E-state index in [4.69, 9.17) is 4.74 Å². The van der Waals surface area contributed by atoms with Crippen molar-refractivity contribution in [2.45, 2.75) is 6.92 Å². The second-order valence-corrected chi connectivity index (χ2v) is 6.32. The predicted molar refractivity (Wildman–Crippen MR) is 112 cm³/mol. The van der Waals surface area contributed by atoms with E-state index in [1.54, 1.807) is 35.3 Å². The molecule has 6 heteroatoms. The van der Waals surface area contributed by atoms with Crippen molar-refractivity contribution in [2.75, 3.05) is 11.9 Å². The van der Waals surface area contributed by atoms with E-state index in [1.807, 2.05) is 61.5 Å². The first-order valence-electron chi connectivity index (χ1n) is 9.34. The molecule has 2 aromatic carbocycles. The van der Waals surface area contributed by atoms with Gasteiger partial charge >= 0.3 is 0 Å². The molecule has 0 unspecified atom stereocenters. The number of carbonyl (C=O) groups is 1. The summed E-state index contributed by atoms with van der Waals surface area (Å²) in [7, 11) is 0. The Morgan fingerprint density at radius 2 is 1.83 bits per heavy atom. The van der Waals surface area contributed by atoms with Crippen LogP contribution in [-0.4, -0.2) is 27.3 Å². The number of hydrogen-bond acceptors (Lipinski definition) is 4. The van der Waals surface area contributed by atoms with Gasteiger partial charge in [0.05, 0.1) is 18.0 Å². The maximum Gasteiger partial charge on any atom is 0.276 e. The number of nitrogens with zero attached hydrogens (tertiary/aromatic N) is 3. The molecule has 4 rings (SSSR count). The van der Waals surface area contributed by atoms with Crippen LogP contribution < -0.4 is 10.1 Å². The zero-order valence-corrected chi connectivity index (χ0v) is 15.9. The fraction of sp³-hybridized carbons (Fsp3) is 0.0870. The van der Waals surface area contributed by atoms with Crippen molar-refractivity contribution >= 4 is 11.6 Å². The first kappa shape index (κ1) is 18.4. The Morgan fingerprint density at radius 1 is 1.03 bits per heavy atom. The van der Waals surface area contributed by atoms with Gasteiger partial charge in [0, 0.05) is 23.6 Å². The van der Waals surface area contributed by atoms with Crippen molar-refractivity contribution < 1.29 is 9.53 Å². The maximum atomic E-state index is 12.8. The summed E-state index contributed by atoms with van der Waals surface area (Å²) in [6, 6.07) is 22.5. The van der Waals surface area contributed by atoms with Crippen molar-refractivity contribution in [3.05, 3.63) is 90.9 Å². The molecule has 0 atom stereocenters. The fourth-order valence-corrected chi connectivity index (χ4v) is 2.97. The fourth-order valence-electron chi connectivity index (χ4n) is 2.97. The number of rotatable bonds is 6. The number of amides is 1. The highest BCUT2D eigenvalue weighted by molar-refractivity contribution is 6.03. The number of ether oxygens (including phenoxy) is 1. The Labute approximate surface area is 168 Å². The van der Waals surface area contributed by atoms with Gasteiger partial charge in [-0.1, -0.05) is 18.2 Å². The van der Waals surface area contributed by atoms with Crippen molar-refractivity contribution in [1.29, 1.82) is 0 Å². The molecule has 0 saturated carbocycles. The first-order chi connectivity index (χ1) is 14.2. The minimum atomic E-state index is -0.283. The van der Waals surface area contributed by atoms with Crippen LogP contribution in [-0.2, 0) is 0 Å². The third kappa shape index (κ3) is 4.16. The van der Waals surface area contributed by atoms with Gasteiger partial charge in [0.15, 0.2) is 5.69 Å². The Balaban J connectivity index is 1.65. The van der Waals surface area contributed by atoms with Gasteiger partial charge in [-0.2, -0.15) is 5.10 Å². The van der Waals surface area contributed by atoms with E-state index in [2.05, 4.69) is 15.4 Å². The Bertz CT molecular complexity index is 1030. The highest BCUT2D eigenvalue weighted by Gasteiger charge is 2.17. The minimum absolute atomic E-state index is 0.283. The number of carbonyl (C=O) groups excluding carboxylic acids is 1. The minimum Gasteiger partial charge on any atom is -0.494 e. The molecule has 0 saturated heterocycles. The summed E-state index contributed by atoms with van der Waals surface area (Å²) in [6.07, 6.45) is 3.47. The maximum absolute atomic E-state index is 12.8. The quantitative estimate of drug-likeness (QED) is 0.528. The van der Waals surface area contributed by atoms with Gasteiger partial charge < -0.3 is 10.1 Å². The molecular weight excluding hydrogens is 364 g/mol. The first-order valence-corrected chi connectivity index (χ1v) is 9.34. The van der Waals surface area contributed by atoms with Crippen molar-refractivity contribution in [1.82, 2.24) is 14.8 Å². The summed E-state index contributed by atoms with van der Waals surface area (Å²) >= 11 is 0. The van der Waals surface area contributed by atoms with Crippen LogP contribution in [0.2, 0.25) is 0 Å². The average Bonchev–Trinajstić information content (AvgIpc) is 3.22. The molecule has 1 N–H and O–H groups in total. The summed E-state index contributed by atoms with van der Waals surface area (Å²) in [4.78, 5) is 17.0. The van der Waals surface area contributed by atoms with Crippen LogP contribution >= 0.6 is 0 Å². The zero-order chi connectivity index (χ0) is 20.1. The van der Waals surface area contributed by atoms with E-state index < -0.39 is 0 Å². The Kier molecular flexibility index (Phi) is 5.33. The molecule has 0 radical (unpaired) electrons. The number of benzene rings is 2. The predicted octanol–water partition coefficient (Wildman–Crippen LogP) is 4.59. The van der Waals surface area contributed by atoms with Crippen LogP contribution in [0, 0.1) is 0 Å². The molecule has 0 aliphatic heterocycles. The summed E-state index contributed by atoms with van der Waals surface area (Å²) < 4.78 is 7.19. The van der Waals surface area contributed by atoms with Crippen LogP contribution in [0.1, 0.15) is 17.4 Å². The summed E-state index contributed by atoms with van der Waals surface area (Å²) in [5, 5.41) is 7.44. The molecule has 0 fully saturated rings. The van der Waals surface area contributed by atoms with Gasteiger partial charge in [0.25, 0.3) is 5.91 Å². The van der Waals surface area contributed by atoms with E-state index in [-0.39, 0.29) is 5.91 Å². The highest BCUT2D eigenvalue weighted by atomic mass is 16.5. The van der Waals surface area contributed by atoms with Gasteiger partial charge in [0.2, 0.25) is 0 Å². The second kappa shape index (κ2) is 8.39. The lowest BCUT2D eigenvalue weighted by atomic mass is 10.2. The molecule has 0 bridgehead atoms. The van der Waals surface area contributed by atoms with Crippen LogP contribution in [0.4, 0.5) is 5.69 Å². The largest absolute Gasteiger partial charge is 0.494 e. The van der Waals surface area contributed by atoms with Crippen molar-refractivity contribution in [3.8, 4) is 22.7 Å². The van der Waals surface area contributed by atoms with E-state index in [0.717, 1.165) is 22.7 Å². The topological polar surface area (TPSA) is 69.0 Å². The molecule has 29 heavy (non-hydrogen) atoms. The smallest absolute Gasteiger partial charge is 0.276 e. The van der Waals surface area contributed by atoms with Crippen LogP contribution in [0.25, 0.3) is 16.9 Å². The van der Waals surface area contributed by atoms with Gasteiger partial charge in [-0.15, -0.1) is 0 Å². The molecule has 0 aliphatic carbocycles. The standard InChI is InChI=1S/C23H20N4O2/c1-2-29-20-12-10-18(11-13-20)25-23(28)21-15-22(17-7-6-14-24-16-17)27(26-21)19-8-4-3-5-9-19/h3-16H,2H2,1H3,(H,25,28). The number of anilines is 1. The molecule has 1 amide bonds. The SMILES string of the molecule is CCOc1ccc(NC(=O)c2cc(-c3cccnc3)n(-c3ccccc3)n2)cc1.